The highest BCUT2D eigenvalue weighted by atomic mass is 16.5. The third-order valence-corrected chi connectivity index (χ3v) is 4.18. The van der Waals surface area contributed by atoms with E-state index in [4.69, 9.17) is 9.47 Å². The minimum absolute atomic E-state index is 0.246. The molecule has 0 unspecified atom stereocenters. The van der Waals surface area contributed by atoms with E-state index < -0.39 is 23.8 Å². The fourth-order valence-electron chi connectivity index (χ4n) is 2.79. The molecule has 1 N–H and O–H groups in total. The zero-order valence-electron chi connectivity index (χ0n) is 15.6. The van der Waals surface area contributed by atoms with Crippen LogP contribution in [0.4, 0.5) is 0 Å². The zero-order chi connectivity index (χ0) is 19.4. The number of hydrogen-bond donors (Lipinski definition) is 1. The second-order valence-corrected chi connectivity index (χ2v) is 6.07. The lowest BCUT2D eigenvalue weighted by atomic mass is 10.1. The van der Waals surface area contributed by atoms with Gasteiger partial charge in [-0.1, -0.05) is 18.2 Å². The summed E-state index contributed by atoms with van der Waals surface area (Å²) < 4.78 is 10.3. The number of aromatic amines is 1. The van der Waals surface area contributed by atoms with Crippen LogP contribution in [0.5, 0.6) is 0 Å². The molecule has 0 aliphatic heterocycles. The highest BCUT2D eigenvalue weighted by Gasteiger charge is 2.28. The number of carbonyl (C=O) groups is 3. The average Bonchev–Trinajstić information content (AvgIpc) is 2.89. The summed E-state index contributed by atoms with van der Waals surface area (Å²) in [5.74, 6) is -1.44. The van der Waals surface area contributed by atoms with Crippen molar-refractivity contribution in [2.24, 2.45) is 0 Å². The molecule has 2 aromatic rings. The van der Waals surface area contributed by atoms with Gasteiger partial charge in [-0.3, -0.25) is 4.79 Å². The van der Waals surface area contributed by atoms with Gasteiger partial charge in [0.25, 0.3) is 0 Å². The van der Waals surface area contributed by atoms with Crippen molar-refractivity contribution in [3.05, 3.63) is 57.9 Å². The molecular formula is C20H23NO5. The van der Waals surface area contributed by atoms with Gasteiger partial charge in [-0.15, -0.1) is 0 Å². The van der Waals surface area contributed by atoms with Gasteiger partial charge in [0, 0.05) is 5.69 Å². The van der Waals surface area contributed by atoms with Crippen molar-refractivity contribution in [2.45, 2.75) is 40.7 Å². The van der Waals surface area contributed by atoms with Gasteiger partial charge < -0.3 is 14.5 Å². The fourth-order valence-corrected chi connectivity index (χ4v) is 2.79. The summed E-state index contributed by atoms with van der Waals surface area (Å²) >= 11 is 0. The van der Waals surface area contributed by atoms with Crippen LogP contribution in [0.25, 0.3) is 0 Å². The molecule has 0 radical (unpaired) electrons. The Balaban J connectivity index is 2.21. The van der Waals surface area contributed by atoms with Crippen LogP contribution in [-0.4, -0.2) is 35.4 Å². The topological polar surface area (TPSA) is 85.5 Å². The number of aromatic nitrogens is 1. The predicted octanol–water partition coefficient (Wildman–Crippen LogP) is 3.54. The summed E-state index contributed by atoms with van der Waals surface area (Å²) in [6.07, 6.45) is -0.992. The molecule has 1 atom stereocenters. The number of carbonyl (C=O) groups excluding carboxylic acids is 3. The molecule has 1 heterocycles. The molecule has 0 amide bonds. The average molecular weight is 357 g/mol. The van der Waals surface area contributed by atoms with E-state index in [9.17, 15) is 14.4 Å². The van der Waals surface area contributed by atoms with Gasteiger partial charge >= 0.3 is 11.9 Å². The molecule has 0 fully saturated rings. The van der Waals surface area contributed by atoms with E-state index in [2.05, 4.69) is 4.98 Å². The number of nitrogens with one attached hydrogen (secondary N) is 1. The predicted molar refractivity (Wildman–Crippen MR) is 96.6 cm³/mol. The number of hydrogen-bond acceptors (Lipinski definition) is 5. The van der Waals surface area contributed by atoms with Crippen LogP contribution in [0.1, 0.15) is 61.9 Å². The van der Waals surface area contributed by atoms with Gasteiger partial charge in [0.15, 0.2) is 6.10 Å². The molecule has 26 heavy (non-hydrogen) atoms. The number of Topliss-reactive ketones (excluding diaryl/α,β-unsaturated/α-hetero) is 1. The SMILES string of the molecule is CCOC(=O)c1c(C)[nH]c(C(=O)[C@H](C)OC(=O)c2ccccc2C)c1C. The standard InChI is InChI=1S/C20H23NO5/c1-6-25-20(24)16-12(3)17(21-13(16)4)18(22)14(5)26-19(23)15-10-8-7-9-11(15)2/h7-10,14,21H,6H2,1-5H3/t14-/m0/s1. The van der Waals surface area contributed by atoms with Crippen LogP contribution in [-0.2, 0) is 9.47 Å². The monoisotopic (exact) mass is 357 g/mol. The van der Waals surface area contributed by atoms with Crippen molar-refractivity contribution in [2.75, 3.05) is 6.61 Å². The van der Waals surface area contributed by atoms with Crippen molar-refractivity contribution >= 4 is 17.7 Å². The van der Waals surface area contributed by atoms with E-state index in [-0.39, 0.29) is 12.3 Å². The minimum Gasteiger partial charge on any atom is -0.462 e. The van der Waals surface area contributed by atoms with E-state index in [1.165, 1.54) is 6.92 Å². The Hall–Kier alpha value is -2.89. The number of H-pyrrole nitrogens is 1. The zero-order valence-corrected chi connectivity index (χ0v) is 15.6. The Bertz CT molecular complexity index is 850. The normalized spacial score (nSPS) is 11.7. The number of benzene rings is 1. The summed E-state index contributed by atoms with van der Waals surface area (Å²) in [5, 5.41) is 0. The Morgan fingerprint density at radius 1 is 1.08 bits per heavy atom. The number of ketones is 1. The molecular weight excluding hydrogens is 334 g/mol. The van der Waals surface area contributed by atoms with Gasteiger partial charge in [-0.05, 0) is 51.8 Å². The fraction of sp³-hybridized carbons (Fsp3) is 0.350. The molecule has 6 heteroatoms. The maximum atomic E-state index is 12.7. The Morgan fingerprint density at radius 3 is 2.35 bits per heavy atom. The van der Waals surface area contributed by atoms with E-state index >= 15 is 0 Å². The Kier molecular flexibility index (Phi) is 5.97. The smallest absolute Gasteiger partial charge is 0.340 e. The first kappa shape index (κ1) is 19.4. The van der Waals surface area contributed by atoms with E-state index in [0.29, 0.717) is 22.4 Å². The van der Waals surface area contributed by atoms with Crippen LogP contribution in [0, 0.1) is 20.8 Å². The van der Waals surface area contributed by atoms with Crippen molar-refractivity contribution in [1.82, 2.24) is 4.98 Å². The van der Waals surface area contributed by atoms with E-state index in [1.807, 2.05) is 6.07 Å². The number of rotatable bonds is 6. The van der Waals surface area contributed by atoms with Crippen LogP contribution < -0.4 is 0 Å². The van der Waals surface area contributed by atoms with E-state index in [1.54, 1.807) is 45.9 Å². The maximum Gasteiger partial charge on any atom is 0.340 e. The van der Waals surface area contributed by atoms with Crippen molar-refractivity contribution in [1.29, 1.82) is 0 Å². The van der Waals surface area contributed by atoms with Crippen LogP contribution >= 0.6 is 0 Å². The first-order valence-corrected chi connectivity index (χ1v) is 8.45. The van der Waals surface area contributed by atoms with E-state index in [0.717, 1.165) is 5.56 Å². The van der Waals surface area contributed by atoms with Crippen LogP contribution in [0.15, 0.2) is 24.3 Å². The quantitative estimate of drug-likeness (QED) is 0.631. The molecule has 0 aliphatic carbocycles. The Morgan fingerprint density at radius 2 is 1.73 bits per heavy atom. The van der Waals surface area contributed by atoms with Crippen molar-refractivity contribution in [3.63, 3.8) is 0 Å². The summed E-state index contributed by atoms with van der Waals surface area (Å²) in [6.45, 7) is 8.63. The van der Waals surface area contributed by atoms with Gasteiger partial charge in [-0.2, -0.15) is 0 Å². The molecule has 0 aliphatic rings. The minimum atomic E-state index is -0.992. The second kappa shape index (κ2) is 7.99. The molecule has 1 aromatic carbocycles. The summed E-state index contributed by atoms with van der Waals surface area (Å²) in [7, 11) is 0. The molecule has 2 rings (SSSR count). The molecule has 0 bridgehead atoms. The van der Waals surface area contributed by atoms with Crippen molar-refractivity contribution in [3.8, 4) is 0 Å². The first-order valence-electron chi connectivity index (χ1n) is 8.45. The summed E-state index contributed by atoms with van der Waals surface area (Å²) in [4.78, 5) is 40.0. The first-order chi connectivity index (χ1) is 12.3. The van der Waals surface area contributed by atoms with Gasteiger partial charge in [0.2, 0.25) is 5.78 Å². The third kappa shape index (κ3) is 3.85. The number of aryl methyl sites for hydroxylation is 2. The number of ether oxygens (including phenoxy) is 2. The number of esters is 2. The summed E-state index contributed by atoms with van der Waals surface area (Å²) in [5.41, 5.74) is 2.81. The third-order valence-electron chi connectivity index (χ3n) is 4.18. The highest BCUT2D eigenvalue weighted by molar-refractivity contribution is 6.04. The molecule has 138 valence electrons. The lowest BCUT2D eigenvalue weighted by molar-refractivity contribution is 0.0316. The van der Waals surface area contributed by atoms with Gasteiger partial charge in [0.05, 0.1) is 23.4 Å². The second-order valence-electron chi connectivity index (χ2n) is 6.07. The lowest BCUT2D eigenvalue weighted by Crippen LogP contribution is -2.25. The largest absolute Gasteiger partial charge is 0.462 e. The molecule has 0 saturated carbocycles. The van der Waals surface area contributed by atoms with Crippen molar-refractivity contribution < 1.29 is 23.9 Å². The summed E-state index contributed by atoms with van der Waals surface area (Å²) in [6, 6.07) is 7.01. The molecule has 0 saturated heterocycles. The van der Waals surface area contributed by atoms with Gasteiger partial charge in [0.1, 0.15) is 0 Å². The highest BCUT2D eigenvalue weighted by Crippen LogP contribution is 2.21. The molecule has 1 aromatic heterocycles. The lowest BCUT2D eigenvalue weighted by Gasteiger charge is -2.13. The Labute approximate surface area is 152 Å². The van der Waals surface area contributed by atoms with Crippen LogP contribution in [0.3, 0.4) is 0 Å². The van der Waals surface area contributed by atoms with Gasteiger partial charge in [-0.25, -0.2) is 9.59 Å². The molecule has 0 spiro atoms. The maximum absolute atomic E-state index is 12.7. The van der Waals surface area contributed by atoms with Crippen LogP contribution in [0.2, 0.25) is 0 Å². The molecule has 6 nitrogen and oxygen atoms in total.